The molecule has 1 aromatic carbocycles. The molecule has 0 spiro atoms. The molecule has 166 valence electrons. The minimum Gasteiger partial charge on any atom is -0.459 e. The molecular weight excluding hydrogens is 430 g/mol. The van der Waals surface area contributed by atoms with E-state index < -0.39 is 11.9 Å². The molecule has 1 saturated heterocycles. The van der Waals surface area contributed by atoms with Crippen LogP contribution in [0.3, 0.4) is 0 Å². The maximum atomic E-state index is 12.4. The van der Waals surface area contributed by atoms with Crippen molar-refractivity contribution < 1.29 is 23.5 Å². The van der Waals surface area contributed by atoms with Crippen molar-refractivity contribution >= 4 is 34.8 Å². The van der Waals surface area contributed by atoms with Crippen molar-refractivity contribution in [2.75, 3.05) is 25.0 Å². The van der Waals surface area contributed by atoms with Gasteiger partial charge in [0.25, 0.3) is 11.8 Å². The minimum absolute atomic E-state index is 0.184. The number of hydrogen-bond acceptors (Lipinski definition) is 7. The van der Waals surface area contributed by atoms with E-state index in [9.17, 15) is 14.4 Å². The lowest BCUT2D eigenvalue weighted by atomic mass is 9.97. The Morgan fingerprint density at radius 2 is 2.03 bits per heavy atom. The number of amides is 2. The Balaban J connectivity index is 1.23. The molecule has 0 atom stereocenters. The van der Waals surface area contributed by atoms with Gasteiger partial charge in [-0.25, -0.2) is 4.98 Å². The molecule has 2 amide bonds. The van der Waals surface area contributed by atoms with Gasteiger partial charge in [-0.1, -0.05) is 12.1 Å². The number of hydrogen-bond donors (Lipinski definition) is 1. The van der Waals surface area contributed by atoms with Gasteiger partial charge < -0.3 is 19.4 Å². The molecule has 1 aliphatic rings. The largest absolute Gasteiger partial charge is 0.459 e. The van der Waals surface area contributed by atoms with E-state index in [-0.39, 0.29) is 24.2 Å². The van der Waals surface area contributed by atoms with Crippen molar-refractivity contribution in [3.63, 3.8) is 0 Å². The Kier molecular flexibility index (Phi) is 6.65. The monoisotopic (exact) mass is 453 g/mol. The summed E-state index contributed by atoms with van der Waals surface area (Å²) in [6.45, 7) is 2.46. The molecule has 3 aromatic rings. The van der Waals surface area contributed by atoms with Gasteiger partial charge in [0, 0.05) is 29.7 Å². The molecule has 4 rings (SSSR count). The molecule has 9 heteroatoms. The van der Waals surface area contributed by atoms with Crippen molar-refractivity contribution in [1.82, 2.24) is 9.88 Å². The zero-order valence-electron chi connectivity index (χ0n) is 17.6. The number of rotatable bonds is 6. The van der Waals surface area contributed by atoms with E-state index in [2.05, 4.69) is 10.3 Å². The molecule has 8 nitrogen and oxygen atoms in total. The highest BCUT2D eigenvalue weighted by molar-refractivity contribution is 7.09. The number of esters is 1. The minimum atomic E-state index is -0.419. The first-order chi connectivity index (χ1) is 15.5. The molecule has 1 fully saturated rings. The molecule has 0 saturated carbocycles. The van der Waals surface area contributed by atoms with Gasteiger partial charge in [-0.3, -0.25) is 14.4 Å². The number of ether oxygens (including phenoxy) is 1. The van der Waals surface area contributed by atoms with E-state index in [1.807, 2.05) is 30.5 Å². The first-order valence-corrected chi connectivity index (χ1v) is 11.2. The third-order valence-corrected chi connectivity index (χ3v) is 6.03. The Bertz CT molecular complexity index is 1100. The predicted octanol–water partition coefficient (Wildman–Crippen LogP) is 3.75. The molecule has 0 unspecified atom stereocenters. The van der Waals surface area contributed by atoms with E-state index in [0.717, 1.165) is 16.3 Å². The van der Waals surface area contributed by atoms with Crippen molar-refractivity contribution in [2.24, 2.45) is 5.92 Å². The normalized spacial score (nSPS) is 14.2. The van der Waals surface area contributed by atoms with Gasteiger partial charge in [-0.2, -0.15) is 0 Å². The van der Waals surface area contributed by atoms with Crippen LogP contribution in [0.5, 0.6) is 0 Å². The van der Waals surface area contributed by atoms with E-state index in [4.69, 9.17) is 9.15 Å². The molecule has 2 aromatic heterocycles. The summed E-state index contributed by atoms with van der Waals surface area (Å²) in [5.74, 6) is -1.06. The van der Waals surface area contributed by atoms with Gasteiger partial charge >= 0.3 is 5.97 Å². The van der Waals surface area contributed by atoms with E-state index >= 15 is 0 Å². The number of likely N-dealkylation sites (tertiary alicyclic amines) is 1. The SMILES string of the molecule is Cc1nc(-c2cccc(NC(=O)COC(=O)C3CCN(C(=O)c4ccco4)CC3)c2)cs1. The van der Waals surface area contributed by atoms with Crippen LogP contribution in [-0.2, 0) is 14.3 Å². The van der Waals surface area contributed by atoms with E-state index in [1.54, 1.807) is 34.4 Å². The Morgan fingerprint density at radius 3 is 2.72 bits per heavy atom. The lowest BCUT2D eigenvalue weighted by Gasteiger charge is -2.30. The summed E-state index contributed by atoms with van der Waals surface area (Å²) in [7, 11) is 0. The van der Waals surface area contributed by atoms with Gasteiger partial charge in [-0.05, 0) is 44.0 Å². The van der Waals surface area contributed by atoms with Crippen LogP contribution >= 0.6 is 11.3 Å². The van der Waals surface area contributed by atoms with Crippen molar-refractivity contribution in [3.05, 3.63) is 58.8 Å². The fourth-order valence-corrected chi connectivity index (χ4v) is 4.20. The standard InChI is InChI=1S/C23H23N3O5S/c1-15-24-19(14-32-15)17-4-2-5-18(12-17)25-21(27)13-31-23(29)16-7-9-26(10-8-16)22(28)20-6-3-11-30-20/h2-6,11-12,14,16H,7-10,13H2,1H3,(H,25,27). The fourth-order valence-electron chi connectivity index (χ4n) is 3.58. The summed E-state index contributed by atoms with van der Waals surface area (Å²) in [6.07, 6.45) is 2.43. The number of piperidine rings is 1. The molecule has 1 aliphatic heterocycles. The lowest BCUT2D eigenvalue weighted by Crippen LogP contribution is -2.40. The number of nitrogens with one attached hydrogen (secondary N) is 1. The third kappa shape index (κ3) is 5.23. The van der Waals surface area contributed by atoms with Crippen molar-refractivity contribution in [3.8, 4) is 11.3 Å². The van der Waals surface area contributed by atoms with Crippen LogP contribution < -0.4 is 5.32 Å². The van der Waals surface area contributed by atoms with Crippen molar-refractivity contribution in [2.45, 2.75) is 19.8 Å². The average Bonchev–Trinajstić information content (AvgIpc) is 3.49. The van der Waals surface area contributed by atoms with Gasteiger partial charge in [0.2, 0.25) is 0 Å². The number of benzene rings is 1. The van der Waals surface area contributed by atoms with Gasteiger partial charge in [0.15, 0.2) is 12.4 Å². The molecule has 0 bridgehead atoms. The third-order valence-electron chi connectivity index (χ3n) is 5.25. The summed E-state index contributed by atoms with van der Waals surface area (Å²) in [4.78, 5) is 43.0. The number of carbonyl (C=O) groups excluding carboxylic acids is 3. The molecule has 1 N–H and O–H groups in total. The van der Waals surface area contributed by atoms with Crippen LogP contribution in [0.4, 0.5) is 5.69 Å². The van der Waals surface area contributed by atoms with Crippen LogP contribution in [0.1, 0.15) is 28.4 Å². The first kappa shape index (κ1) is 21.8. The number of thiazole rings is 1. The first-order valence-electron chi connectivity index (χ1n) is 10.3. The highest BCUT2D eigenvalue weighted by Crippen LogP contribution is 2.24. The highest BCUT2D eigenvalue weighted by atomic mass is 32.1. The zero-order valence-corrected chi connectivity index (χ0v) is 18.4. The van der Waals surface area contributed by atoms with Gasteiger partial charge in [-0.15, -0.1) is 11.3 Å². The summed E-state index contributed by atoms with van der Waals surface area (Å²) >= 11 is 1.56. The van der Waals surface area contributed by atoms with E-state index in [1.165, 1.54) is 6.26 Å². The Labute approximate surface area is 189 Å². The number of carbonyl (C=O) groups is 3. The number of nitrogens with zero attached hydrogens (tertiary/aromatic N) is 2. The number of aromatic nitrogens is 1. The Morgan fingerprint density at radius 1 is 1.22 bits per heavy atom. The summed E-state index contributed by atoms with van der Waals surface area (Å²) < 4.78 is 10.4. The number of anilines is 1. The fraction of sp³-hybridized carbons (Fsp3) is 0.304. The smallest absolute Gasteiger partial charge is 0.309 e. The summed E-state index contributed by atoms with van der Waals surface area (Å²) in [5, 5.41) is 5.68. The number of aryl methyl sites for hydroxylation is 1. The van der Waals surface area contributed by atoms with Crippen molar-refractivity contribution in [1.29, 1.82) is 0 Å². The summed E-state index contributed by atoms with van der Waals surface area (Å²) in [6, 6.07) is 10.7. The van der Waals surface area contributed by atoms with E-state index in [0.29, 0.717) is 31.6 Å². The molecular formula is C23H23N3O5S. The topological polar surface area (TPSA) is 102 Å². The van der Waals surface area contributed by atoms with Gasteiger partial charge in [0.1, 0.15) is 0 Å². The second-order valence-corrected chi connectivity index (χ2v) is 8.59. The lowest BCUT2D eigenvalue weighted by molar-refractivity contribution is -0.152. The zero-order chi connectivity index (χ0) is 22.5. The van der Waals surface area contributed by atoms with Crippen LogP contribution in [0, 0.1) is 12.8 Å². The Hall–Kier alpha value is -3.46. The van der Waals surface area contributed by atoms with Crippen LogP contribution in [0.15, 0.2) is 52.5 Å². The predicted molar refractivity (Wildman–Crippen MR) is 119 cm³/mol. The highest BCUT2D eigenvalue weighted by Gasteiger charge is 2.30. The van der Waals surface area contributed by atoms with Crippen LogP contribution in [-0.4, -0.2) is 47.4 Å². The maximum absolute atomic E-state index is 12.4. The van der Waals surface area contributed by atoms with Crippen LogP contribution in [0.25, 0.3) is 11.3 Å². The maximum Gasteiger partial charge on any atom is 0.309 e. The number of furan rings is 1. The molecule has 32 heavy (non-hydrogen) atoms. The molecule has 3 heterocycles. The molecule has 0 radical (unpaired) electrons. The second kappa shape index (κ2) is 9.78. The van der Waals surface area contributed by atoms with Gasteiger partial charge in [0.05, 0.1) is 22.9 Å². The summed E-state index contributed by atoms with van der Waals surface area (Å²) in [5.41, 5.74) is 2.37. The quantitative estimate of drug-likeness (QED) is 0.571. The second-order valence-electron chi connectivity index (χ2n) is 7.53. The van der Waals surface area contributed by atoms with Crippen LogP contribution in [0.2, 0.25) is 0 Å². The molecule has 0 aliphatic carbocycles. The average molecular weight is 454 g/mol.